The van der Waals surface area contributed by atoms with Crippen LogP contribution in [-0.4, -0.2) is 40.1 Å². The molecule has 1 aliphatic carbocycles. The van der Waals surface area contributed by atoms with Crippen LogP contribution in [0.15, 0.2) is 24.3 Å². The topological polar surface area (TPSA) is 57.7 Å². The quantitative estimate of drug-likeness (QED) is 0.759. The van der Waals surface area contributed by atoms with Gasteiger partial charge in [0.1, 0.15) is 11.9 Å². The fourth-order valence-corrected chi connectivity index (χ4v) is 4.15. The fourth-order valence-electron chi connectivity index (χ4n) is 4.15. The van der Waals surface area contributed by atoms with E-state index in [4.69, 9.17) is 0 Å². The Bertz CT molecular complexity index is 697. The van der Waals surface area contributed by atoms with Crippen LogP contribution in [0.25, 0.3) is 0 Å². The van der Waals surface area contributed by atoms with Gasteiger partial charge < -0.3 is 4.90 Å². The maximum Gasteiger partial charge on any atom is 0.245 e. The van der Waals surface area contributed by atoms with Crippen LogP contribution >= 0.6 is 0 Å². The Balaban J connectivity index is 1.75. The number of benzene rings is 1. The van der Waals surface area contributed by atoms with Crippen molar-refractivity contribution < 1.29 is 18.8 Å². The van der Waals surface area contributed by atoms with Crippen LogP contribution in [0.4, 0.5) is 4.39 Å². The summed E-state index contributed by atoms with van der Waals surface area (Å²) in [4.78, 5) is 41.1. The Morgan fingerprint density at radius 2 is 1.85 bits per heavy atom. The predicted molar refractivity (Wildman–Crippen MR) is 94.3 cm³/mol. The van der Waals surface area contributed by atoms with E-state index in [0.717, 1.165) is 25.7 Å². The summed E-state index contributed by atoms with van der Waals surface area (Å²) in [6.45, 7) is 4.12. The SMILES string of the molecule is CCN(Cc1cccc(F)c1)C(=O)C(C)N1C(=O)C2CCCCC2C1=O. The first-order valence-corrected chi connectivity index (χ1v) is 9.34. The van der Waals surface area contributed by atoms with E-state index in [9.17, 15) is 18.8 Å². The van der Waals surface area contributed by atoms with Gasteiger partial charge in [-0.25, -0.2) is 4.39 Å². The Morgan fingerprint density at radius 1 is 1.23 bits per heavy atom. The highest BCUT2D eigenvalue weighted by Crippen LogP contribution is 2.39. The lowest BCUT2D eigenvalue weighted by molar-refractivity contribution is -0.151. The van der Waals surface area contributed by atoms with E-state index in [-0.39, 0.29) is 41.9 Å². The molecular formula is C20H25FN2O3. The maximum absolute atomic E-state index is 13.4. The summed E-state index contributed by atoms with van der Waals surface area (Å²) in [5.41, 5.74) is 0.681. The molecule has 1 aromatic carbocycles. The summed E-state index contributed by atoms with van der Waals surface area (Å²) in [6.07, 6.45) is 3.37. The molecular weight excluding hydrogens is 335 g/mol. The lowest BCUT2D eigenvalue weighted by atomic mass is 9.81. The molecule has 2 aliphatic rings. The second-order valence-corrected chi connectivity index (χ2v) is 7.20. The molecule has 0 aromatic heterocycles. The molecule has 0 radical (unpaired) electrons. The maximum atomic E-state index is 13.4. The van der Waals surface area contributed by atoms with Crippen molar-refractivity contribution in [2.24, 2.45) is 11.8 Å². The molecule has 1 saturated heterocycles. The fraction of sp³-hybridized carbons (Fsp3) is 0.550. The third-order valence-electron chi connectivity index (χ3n) is 5.58. The molecule has 0 bridgehead atoms. The van der Waals surface area contributed by atoms with E-state index in [1.807, 2.05) is 6.92 Å². The summed E-state index contributed by atoms with van der Waals surface area (Å²) < 4.78 is 13.4. The van der Waals surface area contributed by atoms with E-state index < -0.39 is 6.04 Å². The lowest BCUT2D eigenvalue weighted by Crippen LogP contribution is -2.49. The van der Waals surface area contributed by atoms with Crippen molar-refractivity contribution >= 4 is 17.7 Å². The Hall–Kier alpha value is -2.24. The van der Waals surface area contributed by atoms with Crippen LogP contribution in [-0.2, 0) is 20.9 Å². The minimum absolute atomic E-state index is 0.206. The standard InChI is InChI=1S/C20H25FN2O3/c1-3-22(12-14-7-6-8-15(21)11-14)18(24)13(2)23-19(25)16-9-4-5-10-17(16)20(23)26/h6-8,11,13,16-17H,3-5,9-10,12H2,1-2H3. The molecule has 1 heterocycles. The molecule has 26 heavy (non-hydrogen) atoms. The smallest absolute Gasteiger partial charge is 0.245 e. The Morgan fingerprint density at radius 3 is 2.38 bits per heavy atom. The number of hydrogen-bond donors (Lipinski definition) is 0. The van der Waals surface area contributed by atoms with Gasteiger partial charge in [0.05, 0.1) is 11.8 Å². The van der Waals surface area contributed by atoms with Crippen LogP contribution in [0.5, 0.6) is 0 Å². The number of fused-ring (bicyclic) bond motifs is 1. The van der Waals surface area contributed by atoms with Crippen LogP contribution < -0.4 is 0 Å². The predicted octanol–water partition coefficient (Wildman–Crippen LogP) is 2.74. The lowest BCUT2D eigenvalue weighted by Gasteiger charge is -2.29. The third-order valence-corrected chi connectivity index (χ3v) is 5.58. The number of carbonyl (C=O) groups excluding carboxylic acids is 3. The molecule has 0 spiro atoms. The molecule has 1 aromatic rings. The largest absolute Gasteiger partial charge is 0.337 e. The summed E-state index contributed by atoms with van der Waals surface area (Å²) in [6, 6.07) is 5.28. The van der Waals surface area contributed by atoms with E-state index in [0.29, 0.717) is 12.1 Å². The van der Waals surface area contributed by atoms with E-state index in [2.05, 4.69) is 0 Å². The summed E-state index contributed by atoms with van der Waals surface area (Å²) >= 11 is 0. The summed E-state index contributed by atoms with van der Waals surface area (Å²) in [5, 5.41) is 0. The van der Waals surface area contributed by atoms with Crippen LogP contribution in [0.2, 0.25) is 0 Å². The zero-order chi connectivity index (χ0) is 18.8. The van der Waals surface area contributed by atoms with Gasteiger partial charge in [-0.2, -0.15) is 0 Å². The van der Waals surface area contributed by atoms with Crippen molar-refractivity contribution in [2.75, 3.05) is 6.54 Å². The first-order valence-electron chi connectivity index (χ1n) is 9.34. The van der Waals surface area contributed by atoms with Gasteiger partial charge in [0, 0.05) is 13.1 Å². The van der Waals surface area contributed by atoms with E-state index >= 15 is 0 Å². The first-order chi connectivity index (χ1) is 12.4. The van der Waals surface area contributed by atoms with Crippen molar-refractivity contribution in [1.29, 1.82) is 0 Å². The van der Waals surface area contributed by atoms with Gasteiger partial charge in [0.2, 0.25) is 17.7 Å². The van der Waals surface area contributed by atoms with Gasteiger partial charge >= 0.3 is 0 Å². The number of halogens is 1. The molecule has 3 amide bonds. The number of carbonyl (C=O) groups is 3. The normalized spacial score (nSPS) is 23.7. The second-order valence-electron chi connectivity index (χ2n) is 7.20. The molecule has 2 fully saturated rings. The zero-order valence-electron chi connectivity index (χ0n) is 15.3. The van der Waals surface area contributed by atoms with Gasteiger partial charge in [0.15, 0.2) is 0 Å². The highest BCUT2D eigenvalue weighted by atomic mass is 19.1. The molecule has 1 aliphatic heterocycles. The van der Waals surface area contributed by atoms with Gasteiger partial charge in [-0.1, -0.05) is 25.0 Å². The average Bonchev–Trinajstić information content (AvgIpc) is 2.90. The molecule has 5 nitrogen and oxygen atoms in total. The summed E-state index contributed by atoms with van der Waals surface area (Å²) in [5.74, 6) is -1.57. The number of rotatable bonds is 5. The van der Waals surface area contributed by atoms with Crippen LogP contribution in [0.3, 0.4) is 0 Å². The van der Waals surface area contributed by atoms with Crippen LogP contribution in [0.1, 0.15) is 45.1 Å². The molecule has 3 atom stereocenters. The number of nitrogens with zero attached hydrogens (tertiary/aromatic N) is 2. The Kier molecular flexibility index (Phi) is 5.39. The van der Waals surface area contributed by atoms with Crippen molar-refractivity contribution in [3.63, 3.8) is 0 Å². The monoisotopic (exact) mass is 360 g/mol. The van der Waals surface area contributed by atoms with E-state index in [1.165, 1.54) is 17.0 Å². The highest BCUT2D eigenvalue weighted by Gasteiger charge is 2.51. The molecule has 1 saturated carbocycles. The Labute approximate surface area is 153 Å². The van der Waals surface area contributed by atoms with Crippen molar-refractivity contribution in [3.05, 3.63) is 35.6 Å². The molecule has 0 N–H and O–H groups in total. The van der Waals surface area contributed by atoms with Crippen molar-refractivity contribution in [2.45, 2.75) is 52.1 Å². The highest BCUT2D eigenvalue weighted by molar-refractivity contribution is 6.08. The van der Waals surface area contributed by atoms with E-state index in [1.54, 1.807) is 24.0 Å². The third kappa shape index (κ3) is 3.37. The minimum atomic E-state index is -0.825. The second kappa shape index (κ2) is 7.56. The number of imide groups is 1. The molecule has 6 heteroatoms. The number of likely N-dealkylation sites (N-methyl/N-ethyl adjacent to an activating group) is 1. The average molecular weight is 360 g/mol. The van der Waals surface area contributed by atoms with Gasteiger partial charge in [-0.05, 0) is 44.4 Å². The number of hydrogen-bond acceptors (Lipinski definition) is 3. The number of amides is 3. The number of likely N-dealkylation sites (tertiary alicyclic amines) is 1. The molecule has 3 unspecified atom stereocenters. The zero-order valence-corrected chi connectivity index (χ0v) is 15.3. The van der Waals surface area contributed by atoms with Gasteiger partial charge in [-0.15, -0.1) is 0 Å². The van der Waals surface area contributed by atoms with Crippen molar-refractivity contribution in [3.8, 4) is 0 Å². The van der Waals surface area contributed by atoms with Gasteiger partial charge in [-0.3, -0.25) is 19.3 Å². The van der Waals surface area contributed by atoms with Gasteiger partial charge in [0.25, 0.3) is 0 Å². The minimum Gasteiger partial charge on any atom is -0.337 e. The molecule has 3 rings (SSSR count). The van der Waals surface area contributed by atoms with Crippen LogP contribution in [0, 0.1) is 17.7 Å². The first kappa shape index (κ1) is 18.5. The summed E-state index contributed by atoms with van der Waals surface area (Å²) in [7, 11) is 0. The van der Waals surface area contributed by atoms with Crippen molar-refractivity contribution in [1.82, 2.24) is 9.80 Å². The molecule has 140 valence electrons.